The van der Waals surface area contributed by atoms with Crippen LogP contribution in [0, 0.1) is 5.92 Å². The number of likely N-dealkylation sites (N-methyl/N-ethyl adjacent to an activating group) is 1. The van der Waals surface area contributed by atoms with Gasteiger partial charge in [0.1, 0.15) is 12.1 Å². The summed E-state index contributed by atoms with van der Waals surface area (Å²) in [6, 6.07) is 10.7. The molecule has 4 rings (SSSR count). The Balaban J connectivity index is 1.53. The van der Waals surface area contributed by atoms with Crippen molar-refractivity contribution in [3.8, 4) is 0 Å². The molecule has 8 heteroatoms. The van der Waals surface area contributed by atoms with Gasteiger partial charge in [0.25, 0.3) is 0 Å². The first-order valence-electron chi connectivity index (χ1n) is 13.4. The van der Waals surface area contributed by atoms with Crippen molar-refractivity contribution in [1.82, 2.24) is 25.3 Å². The summed E-state index contributed by atoms with van der Waals surface area (Å²) in [5, 5.41) is 5.39. The average molecular weight is 498 g/mol. The van der Waals surface area contributed by atoms with Crippen molar-refractivity contribution in [2.75, 3.05) is 40.8 Å². The van der Waals surface area contributed by atoms with Gasteiger partial charge >= 0.3 is 6.03 Å². The highest BCUT2D eigenvalue weighted by molar-refractivity contribution is 5.92. The molecule has 198 valence electrons. The fourth-order valence-electron chi connectivity index (χ4n) is 6.44. The fraction of sp³-hybridized carbons (Fsp3) is 0.679. The Bertz CT molecular complexity index is 965. The van der Waals surface area contributed by atoms with Crippen LogP contribution in [0.15, 0.2) is 30.3 Å². The zero-order valence-corrected chi connectivity index (χ0v) is 22.6. The molecule has 3 fully saturated rings. The maximum Gasteiger partial charge on any atom is 0.321 e. The third-order valence-corrected chi connectivity index (χ3v) is 8.98. The van der Waals surface area contributed by atoms with Crippen LogP contribution in [0.4, 0.5) is 4.79 Å². The van der Waals surface area contributed by atoms with E-state index in [0.29, 0.717) is 12.5 Å². The van der Waals surface area contributed by atoms with Crippen LogP contribution in [0.2, 0.25) is 0 Å². The van der Waals surface area contributed by atoms with Gasteiger partial charge in [-0.3, -0.25) is 14.5 Å². The monoisotopic (exact) mass is 497 g/mol. The first-order valence-corrected chi connectivity index (χ1v) is 13.4. The molecule has 0 atom stereocenters. The van der Waals surface area contributed by atoms with Crippen molar-refractivity contribution in [1.29, 1.82) is 0 Å². The van der Waals surface area contributed by atoms with Gasteiger partial charge in [-0.25, -0.2) is 4.79 Å². The van der Waals surface area contributed by atoms with E-state index in [0.717, 1.165) is 32.2 Å². The quantitative estimate of drug-likeness (QED) is 0.578. The van der Waals surface area contributed by atoms with Crippen molar-refractivity contribution in [3.05, 3.63) is 35.9 Å². The third-order valence-electron chi connectivity index (χ3n) is 8.98. The number of urea groups is 1. The van der Waals surface area contributed by atoms with Gasteiger partial charge in [-0.1, -0.05) is 36.8 Å². The number of amides is 4. The lowest BCUT2D eigenvalue weighted by Crippen LogP contribution is -2.56. The van der Waals surface area contributed by atoms with Crippen LogP contribution in [0.1, 0.15) is 64.4 Å². The van der Waals surface area contributed by atoms with E-state index in [2.05, 4.69) is 64.9 Å². The molecule has 0 unspecified atom stereocenters. The SMILES string of the molecule is CNC(=O)C(C)(C)NC(=O)CN1C[C@]2(CC[C@@](c3ccccc3)(N(C)C)CC2)N(CC2CCC2)C1=O. The molecule has 3 aliphatic rings. The summed E-state index contributed by atoms with van der Waals surface area (Å²) in [5.74, 6) is -0.0123. The molecule has 1 aromatic carbocycles. The Morgan fingerprint density at radius 3 is 2.25 bits per heavy atom. The van der Waals surface area contributed by atoms with Crippen molar-refractivity contribution in [2.24, 2.45) is 5.92 Å². The van der Waals surface area contributed by atoms with Gasteiger partial charge in [0, 0.05) is 25.7 Å². The first-order chi connectivity index (χ1) is 17.0. The summed E-state index contributed by atoms with van der Waals surface area (Å²) in [6.07, 6.45) is 7.31. The topological polar surface area (TPSA) is 85.0 Å². The molecule has 36 heavy (non-hydrogen) atoms. The number of carbonyl (C=O) groups excluding carboxylic acids is 3. The molecule has 0 aromatic heterocycles. The van der Waals surface area contributed by atoms with Gasteiger partial charge in [0.15, 0.2) is 0 Å². The summed E-state index contributed by atoms with van der Waals surface area (Å²) >= 11 is 0. The molecule has 0 radical (unpaired) electrons. The summed E-state index contributed by atoms with van der Waals surface area (Å²) in [6.45, 7) is 4.66. The van der Waals surface area contributed by atoms with Crippen LogP contribution < -0.4 is 10.6 Å². The second-order valence-electron chi connectivity index (χ2n) is 11.8. The van der Waals surface area contributed by atoms with E-state index in [1.54, 1.807) is 25.8 Å². The molecule has 0 bridgehead atoms. The van der Waals surface area contributed by atoms with Gasteiger partial charge < -0.3 is 20.4 Å². The van der Waals surface area contributed by atoms with Crippen molar-refractivity contribution in [2.45, 2.75) is 75.4 Å². The predicted molar refractivity (Wildman–Crippen MR) is 140 cm³/mol. The molecular weight excluding hydrogens is 454 g/mol. The highest BCUT2D eigenvalue weighted by Gasteiger charge is 2.55. The van der Waals surface area contributed by atoms with Gasteiger partial charge in [-0.15, -0.1) is 0 Å². The number of carbonyl (C=O) groups is 3. The Kier molecular flexibility index (Phi) is 7.37. The van der Waals surface area contributed by atoms with Crippen LogP contribution in [0.5, 0.6) is 0 Å². The zero-order chi connectivity index (χ0) is 26.1. The van der Waals surface area contributed by atoms with Crippen molar-refractivity contribution < 1.29 is 14.4 Å². The molecule has 1 spiro atoms. The normalized spacial score (nSPS) is 26.9. The Morgan fingerprint density at radius 2 is 1.72 bits per heavy atom. The Labute approximate surface area is 215 Å². The van der Waals surface area contributed by atoms with E-state index in [1.165, 1.54) is 24.8 Å². The lowest BCUT2D eigenvalue weighted by Gasteiger charge is -2.51. The maximum absolute atomic E-state index is 13.7. The van der Waals surface area contributed by atoms with Crippen molar-refractivity contribution >= 4 is 17.8 Å². The minimum absolute atomic E-state index is 0.0281. The highest BCUT2D eigenvalue weighted by atomic mass is 16.2. The van der Waals surface area contributed by atoms with Crippen LogP contribution in [0.3, 0.4) is 0 Å². The van der Waals surface area contributed by atoms with E-state index in [4.69, 9.17) is 0 Å². The number of rotatable bonds is 8. The van der Waals surface area contributed by atoms with E-state index in [9.17, 15) is 14.4 Å². The summed E-state index contributed by atoms with van der Waals surface area (Å²) in [4.78, 5) is 44.9. The van der Waals surface area contributed by atoms with Crippen molar-refractivity contribution in [3.63, 3.8) is 0 Å². The second-order valence-corrected chi connectivity index (χ2v) is 11.8. The van der Waals surface area contributed by atoms with Crippen LogP contribution in [-0.4, -0.2) is 84.4 Å². The fourth-order valence-corrected chi connectivity index (χ4v) is 6.44. The molecule has 1 aromatic rings. The number of nitrogens with zero attached hydrogens (tertiary/aromatic N) is 3. The Hall–Kier alpha value is -2.61. The lowest BCUT2D eigenvalue weighted by atomic mass is 9.68. The Morgan fingerprint density at radius 1 is 1.08 bits per heavy atom. The smallest absolute Gasteiger partial charge is 0.321 e. The maximum atomic E-state index is 13.7. The molecule has 2 N–H and O–H groups in total. The van der Waals surface area contributed by atoms with Crippen LogP contribution >= 0.6 is 0 Å². The number of hydrogen-bond acceptors (Lipinski definition) is 4. The van der Waals surface area contributed by atoms with Crippen LogP contribution in [0.25, 0.3) is 0 Å². The molecule has 2 aliphatic carbocycles. The summed E-state index contributed by atoms with van der Waals surface area (Å²) in [7, 11) is 5.86. The highest BCUT2D eigenvalue weighted by Crippen LogP contribution is 2.49. The average Bonchev–Trinajstić information content (AvgIpc) is 3.06. The molecule has 1 heterocycles. The van der Waals surface area contributed by atoms with Gasteiger partial charge in [-0.2, -0.15) is 0 Å². The molecule has 1 saturated heterocycles. The first kappa shape index (κ1) is 26.5. The van der Waals surface area contributed by atoms with Gasteiger partial charge in [0.2, 0.25) is 11.8 Å². The van der Waals surface area contributed by atoms with E-state index >= 15 is 0 Å². The van der Waals surface area contributed by atoms with Gasteiger partial charge in [0.05, 0.1) is 5.54 Å². The largest absolute Gasteiger partial charge is 0.357 e. The minimum atomic E-state index is -1.04. The molecule has 4 amide bonds. The van der Waals surface area contributed by atoms with Crippen LogP contribution in [-0.2, 0) is 15.1 Å². The predicted octanol–water partition coefficient (Wildman–Crippen LogP) is 2.93. The zero-order valence-electron chi connectivity index (χ0n) is 22.6. The number of nitrogens with one attached hydrogen (secondary N) is 2. The minimum Gasteiger partial charge on any atom is -0.357 e. The van der Waals surface area contributed by atoms with Gasteiger partial charge in [-0.05, 0) is 77.9 Å². The third kappa shape index (κ3) is 4.84. The number of benzene rings is 1. The molecule has 1 aliphatic heterocycles. The molecule has 2 saturated carbocycles. The molecule has 8 nitrogen and oxygen atoms in total. The lowest BCUT2D eigenvalue weighted by molar-refractivity contribution is -0.132. The second kappa shape index (κ2) is 10.0. The summed E-state index contributed by atoms with van der Waals surface area (Å²) in [5.41, 5.74) is -0.0196. The summed E-state index contributed by atoms with van der Waals surface area (Å²) < 4.78 is 0. The standard InChI is InChI=1S/C28H43N5O3/c1-26(2,24(35)29-3)30-23(34)19-32-20-27(33(25(32)36)18-21-10-9-11-21)14-16-28(17-15-27,31(4)5)22-12-7-6-8-13-22/h6-8,12-13,21H,9-11,14-20H2,1-5H3,(H,29,35)(H,30,34)/t27-,28-. The molecular formula is C28H43N5O3. The van der Waals surface area contributed by atoms with E-state index < -0.39 is 5.54 Å². The number of hydrogen-bond donors (Lipinski definition) is 2. The van der Waals surface area contributed by atoms with E-state index in [1.807, 2.05) is 0 Å². The van der Waals surface area contributed by atoms with E-state index in [-0.39, 0.29) is 35.5 Å².